The summed E-state index contributed by atoms with van der Waals surface area (Å²) in [6.07, 6.45) is 0. The van der Waals surface area contributed by atoms with Gasteiger partial charge in [-0.1, -0.05) is 47.6 Å². The Hall–Kier alpha value is -2.59. The molecule has 0 saturated heterocycles. The molecule has 0 N–H and O–H groups in total. The maximum atomic E-state index is 6.10. The van der Waals surface area contributed by atoms with Gasteiger partial charge in [-0.2, -0.15) is 0 Å². The van der Waals surface area contributed by atoms with Crippen molar-refractivity contribution in [2.75, 3.05) is 7.11 Å². The van der Waals surface area contributed by atoms with E-state index < -0.39 is 0 Å². The van der Waals surface area contributed by atoms with Crippen molar-refractivity contribution in [1.29, 1.82) is 0 Å². The van der Waals surface area contributed by atoms with Gasteiger partial charge in [-0.15, -0.1) is 11.3 Å². The lowest BCUT2D eigenvalue weighted by Gasteiger charge is -2.14. The van der Waals surface area contributed by atoms with Gasteiger partial charge in [-0.3, -0.25) is 0 Å². The first-order chi connectivity index (χ1) is 12.2. The molecular formula is C21H21NO2S. The van der Waals surface area contributed by atoms with Crippen LogP contribution in [0.25, 0.3) is 0 Å². The highest BCUT2D eigenvalue weighted by Gasteiger charge is 2.14. The molecule has 0 radical (unpaired) electrons. The lowest BCUT2D eigenvalue weighted by atomic mass is 10.0. The second-order valence-corrected chi connectivity index (χ2v) is 6.76. The lowest BCUT2D eigenvalue weighted by molar-refractivity contribution is 0.214. The molecule has 0 aliphatic heterocycles. The minimum Gasteiger partial charge on any atom is -0.489 e. The number of thiophene rings is 1. The number of ether oxygens (including phenoxy) is 1. The van der Waals surface area contributed by atoms with Gasteiger partial charge in [0.25, 0.3) is 0 Å². The summed E-state index contributed by atoms with van der Waals surface area (Å²) in [5, 5.41) is 6.29. The molecule has 0 aliphatic carbocycles. The first kappa shape index (κ1) is 17.2. The Balaban J connectivity index is 1.90. The van der Waals surface area contributed by atoms with Crippen LogP contribution in [0.4, 0.5) is 0 Å². The van der Waals surface area contributed by atoms with Gasteiger partial charge in [0.05, 0.1) is 4.88 Å². The molecule has 3 rings (SSSR count). The van der Waals surface area contributed by atoms with Crippen LogP contribution in [0.1, 0.15) is 27.1 Å². The number of oxime groups is 1. The molecule has 0 atom stereocenters. The Morgan fingerprint density at radius 2 is 1.88 bits per heavy atom. The van der Waals surface area contributed by atoms with E-state index in [1.165, 1.54) is 5.56 Å². The number of hydrogen-bond acceptors (Lipinski definition) is 4. The molecule has 1 aromatic heterocycles. The molecule has 0 unspecified atom stereocenters. The van der Waals surface area contributed by atoms with Gasteiger partial charge in [0.2, 0.25) is 0 Å². The average Bonchev–Trinajstić information content (AvgIpc) is 3.15. The fourth-order valence-electron chi connectivity index (χ4n) is 2.63. The molecule has 0 aliphatic rings. The van der Waals surface area contributed by atoms with Crippen molar-refractivity contribution in [3.8, 4) is 5.75 Å². The highest BCUT2D eigenvalue weighted by atomic mass is 32.1. The van der Waals surface area contributed by atoms with Crippen molar-refractivity contribution in [3.63, 3.8) is 0 Å². The van der Waals surface area contributed by atoms with Crippen molar-refractivity contribution in [2.45, 2.75) is 20.5 Å². The molecule has 4 heteroatoms. The quantitative estimate of drug-likeness (QED) is 0.443. The summed E-state index contributed by atoms with van der Waals surface area (Å²) in [7, 11) is 1.57. The smallest absolute Gasteiger partial charge is 0.127 e. The van der Waals surface area contributed by atoms with Gasteiger partial charge >= 0.3 is 0 Å². The van der Waals surface area contributed by atoms with Crippen LogP contribution in [0.3, 0.4) is 0 Å². The molecule has 0 spiro atoms. The third kappa shape index (κ3) is 4.09. The van der Waals surface area contributed by atoms with E-state index in [2.05, 4.69) is 49.3 Å². The van der Waals surface area contributed by atoms with Crippen LogP contribution in [-0.4, -0.2) is 12.8 Å². The number of benzene rings is 2. The van der Waals surface area contributed by atoms with Crippen molar-refractivity contribution in [3.05, 3.63) is 87.1 Å². The highest BCUT2D eigenvalue weighted by Crippen LogP contribution is 2.23. The zero-order chi connectivity index (χ0) is 17.6. The summed E-state index contributed by atoms with van der Waals surface area (Å²) < 4.78 is 6.10. The number of aryl methyl sites for hydroxylation is 2. The van der Waals surface area contributed by atoms with Crippen LogP contribution in [0.15, 0.2) is 65.1 Å². The van der Waals surface area contributed by atoms with Gasteiger partial charge in [0.15, 0.2) is 0 Å². The highest BCUT2D eigenvalue weighted by molar-refractivity contribution is 7.12. The van der Waals surface area contributed by atoms with Gasteiger partial charge in [0.1, 0.15) is 25.2 Å². The summed E-state index contributed by atoms with van der Waals surface area (Å²) in [6, 6.07) is 18.5. The standard InChI is InChI=1S/C21H21NO2S/c1-15-10-11-16(2)19(13-15)24-14-17-7-4-5-8-18(17)21(22-23-3)20-9-6-12-25-20/h4-13H,14H2,1-3H3. The minimum absolute atomic E-state index is 0.481. The van der Waals surface area contributed by atoms with E-state index in [9.17, 15) is 0 Å². The van der Waals surface area contributed by atoms with Crippen LogP contribution in [0.5, 0.6) is 5.75 Å². The monoisotopic (exact) mass is 351 g/mol. The Labute approximate surface area is 152 Å². The van der Waals surface area contributed by atoms with Crippen molar-refractivity contribution in [2.24, 2.45) is 5.16 Å². The molecular weight excluding hydrogens is 330 g/mol. The molecule has 3 aromatic rings. The normalized spacial score (nSPS) is 11.4. The molecule has 2 aromatic carbocycles. The first-order valence-electron chi connectivity index (χ1n) is 8.12. The Bertz CT molecular complexity index is 869. The van der Waals surface area contributed by atoms with Gasteiger partial charge in [-0.05, 0) is 48.1 Å². The van der Waals surface area contributed by atoms with E-state index in [0.29, 0.717) is 6.61 Å². The van der Waals surface area contributed by atoms with Crippen molar-refractivity contribution >= 4 is 17.0 Å². The fraction of sp³-hybridized carbons (Fsp3) is 0.190. The number of rotatable bonds is 6. The van der Waals surface area contributed by atoms with E-state index in [0.717, 1.165) is 33.0 Å². The van der Waals surface area contributed by atoms with Crippen LogP contribution in [0.2, 0.25) is 0 Å². The van der Waals surface area contributed by atoms with Crippen molar-refractivity contribution in [1.82, 2.24) is 0 Å². The van der Waals surface area contributed by atoms with E-state index in [1.807, 2.05) is 29.6 Å². The summed E-state index contributed by atoms with van der Waals surface area (Å²) in [5.41, 5.74) is 5.25. The molecule has 0 bridgehead atoms. The predicted molar refractivity (Wildman–Crippen MR) is 104 cm³/mol. The summed E-state index contributed by atoms with van der Waals surface area (Å²) in [4.78, 5) is 6.16. The Kier molecular flexibility index (Phi) is 5.51. The maximum absolute atomic E-state index is 6.10. The zero-order valence-corrected chi connectivity index (χ0v) is 15.5. The van der Waals surface area contributed by atoms with Gasteiger partial charge in [0, 0.05) is 5.56 Å². The third-order valence-corrected chi connectivity index (χ3v) is 4.81. The van der Waals surface area contributed by atoms with Crippen LogP contribution in [0, 0.1) is 13.8 Å². The first-order valence-corrected chi connectivity index (χ1v) is 9.00. The SMILES string of the molecule is CON=C(c1cccs1)c1ccccc1COc1cc(C)ccc1C. The molecule has 0 saturated carbocycles. The Morgan fingerprint density at radius 1 is 1.04 bits per heavy atom. The molecule has 1 heterocycles. The second kappa shape index (κ2) is 7.99. The summed E-state index contributed by atoms with van der Waals surface area (Å²) >= 11 is 1.64. The minimum atomic E-state index is 0.481. The van der Waals surface area contributed by atoms with E-state index in [1.54, 1.807) is 18.4 Å². The van der Waals surface area contributed by atoms with E-state index >= 15 is 0 Å². The second-order valence-electron chi connectivity index (χ2n) is 5.81. The largest absolute Gasteiger partial charge is 0.489 e. The number of hydrogen-bond donors (Lipinski definition) is 0. The van der Waals surface area contributed by atoms with E-state index in [-0.39, 0.29) is 0 Å². The number of nitrogens with zero attached hydrogens (tertiary/aromatic N) is 1. The van der Waals surface area contributed by atoms with Crippen molar-refractivity contribution < 1.29 is 9.57 Å². The Morgan fingerprint density at radius 3 is 2.64 bits per heavy atom. The topological polar surface area (TPSA) is 30.8 Å². The maximum Gasteiger partial charge on any atom is 0.127 e. The predicted octanol–water partition coefficient (Wildman–Crippen LogP) is 5.34. The average molecular weight is 351 g/mol. The third-order valence-electron chi connectivity index (χ3n) is 3.94. The van der Waals surface area contributed by atoms with Crippen LogP contribution >= 0.6 is 11.3 Å². The molecule has 128 valence electrons. The van der Waals surface area contributed by atoms with E-state index in [4.69, 9.17) is 9.57 Å². The van der Waals surface area contributed by atoms with Gasteiger partial charge < -0.3 is 9.57 Å². The van der Waals surface area contributed by atoms with Crippen LogP contribution < -0.4 is 4.74 Å². The molecule has 25 heavy (non-hydrogen) atoms. The summed E-state index contributed by atoms with van der Waals surface area (Å²) in [6.45, 7) is 4.61. The van der Waals surface area contributed by atoms with Gasteiger partial charge in [-0.25, -0.2) is 0 Å². The molecule has 0 amide bonds. The molecule has 0 fully saturated rings. The fourth-order valence-corrected chi connectivity index (χ4v) is 3.35. The molecule has 3 nitrogen and oxygen atoms in total. The van der Waals surface area contributed by atoms with Crippen LogP contribution in [-0.2, 0) is 11.4 Å². The zero-order valence-electron chi connectivity index (χ0n) is 14.7. The lowest BCUT2D eigenvalue weighted by Crippen LogP contribution is -2.08. The summed E-state index contributed by atoms with van der Waals surface area (Å²) in [5.74, 6) is 0.913.